The molecular weight excluding hydrogens is 154 g/mol. The van der Waals surface area contributed by atoms with E-state index in [1.54, 1.807) is 7.05 Å². The second-order valence-corrected chi connectivity index (χ2v) is 3.10. The van der Waals surface area contributed by atoms with Crippen LogP contribution in [0, 0.1) is 0 Å². The predicted octanol–water partition coefficient (Wildman–Crippen LogP) is -0.890. The van der Waals surface area contributed by atoms with Crippen LogP contribution in [0.25, 0.3) is 0 Å². The van der Waals surface area contributed by atoms with E-state index in [1.807, 2.05) is 27.9 Å². The maximum Gasteiger partial charge on any atom is 0.146 e. The van der Waals surface area contributed by atoms with Crippen LogP contribution in [-0.4, -0.2) is 44.1 Å². The molecule has 74 valence electrons. The Hall–Kier alpha value is -0.160. The van der Waals surface area contributed by atoms with Crippen LogP contribution >= 0.6 is 0 Å². The van der Waals surface area contributed by atoms with Crippen molar-refractivity contribution in [2.75, 3.05) is 21.1 Å². The van der Waals surface area contributed by atoms with Crippen molar-refractivity contribution in [2.45, 2.75) is 31.7 Å². The van der Waals surface area contributed by atoms with Gasteiger partial charge in [0.15, 0.2) is 0 Å². The van der Waals surface area contributed by atoms with Crippen molar-refractivity contribution < 1.29 is 5.11 Å². The van der Waals surface area contributed by atoms with Crippen LogP contribution in [0.5, 0.6) is 0 Å². The number of hydrogen-bond acceptors (Lipinski definition) is 4. The molecule has 0 amide bonds. The van der Waals surface area contributed by atoms with E-state index in [4.69, 9.17) is 0 Å². The minimum absolute atomic E-state index is 0.00931. The van der Waals surface area contributed by atoms with Gasteiger partial charge >= 0.3 is 0 Å². The van der Waals surface area contributed by atoms with E-state index in [0.717, 1.165) is 0 Å². The fourth-order valence-electron chi connectivity index (χ4n) is 1.25. The molecule has 0 fully saturated rings. The molecule has 0 aromatic heterocycles. The second kappa shape index (κ2) is 4.77. The molecule has 0 aliphatic carbocycles. The highest BCUT2D eigenvalue weighted by atomic mass is 16.3. The van der Waals surface area contributed by atoms with Gasteiger partial charge in [0.25, 0.3) is 0 Å². The van der Waals surface area contributed by atoms with E-state index < -0.39 is 5.72 Å². The van der Waals surface area contributed by atoms with Crippen LogP contribution in [0.15, 0.2) is 0 Å². The lowest BCUT2D eigenvalue weighted by Gasteiger charge is -2.38. The van der Waals surface area contributed by atoms with Gasteiger partial charge in [-0.25, -0.2) is 0 Å². The number of rotatable bonds is 5. The number of nitrogens with one attached hydrogen (secondary N) is 3. The summed E-state index contributed by atoms with van der Waals surface area (Å²) in [6, 6.07) is -0.0186. The minimum Gasteiger partial charge on any atom is -0.373 e. The van der Waals surface area contributed by atoms with Crippen molar-refractivity contribution in [1.82, 2.24) is 16.0 Å². The third-order valence-electron chi connectivity index (χ3n) is 2.59. The minimum atomic E-state index is -0.913. The van der Waals surface area contributed by atoms with Gasteiger partial charge in [0.05, 0.1) is 0 Å². The lowest BCUT2D eigenvalue weighted by molar-refractivity contribution is -0.0427. The van der Waals surface area contributed by atoms with Gasteiger partial charge in [0.1, 0.15) is 5.72 Å². The molecule has 0 spiro atoms. The van der Waals surface area contributed by atoms with E-state index >= 15 is 0 Å². The molecule has 12 heavy (non-hydrogen) atoms. The fourth-order valence-corrected chi connectivity index (χ4v) is 1.25. The molecule has 2 unspecified atom stereocenters. The zero-order valence-electron chi connectivity index (χ0n) is 8.60. The maximum absolute atomic E-state index is 10.1. The Morgan fingerprint density at radius 3 is 1.50 bits per heavy atom. The first-order chi connectivity index (χ1) is 5.52. The van der Waals surface area contributed by atoms with E-state index in [2.05, 4.69) is 16.0 Å². The Kier molecular flexibility index (Phi) is 4.70. The molecule has 4 nitrogen and oxygen atoms in total. The number of likely N-dealkylation sites (N-methyl/N-ethyl adjacent to an activating group) is 3. The van der Waals surface area contributed by atoms with Crippen molar-refractivity contribution in [3.05, 3.63) is 0 Å². The standard InChI is InChI=1S/C8H21N3O/c1-6(9-3)8(12,11-5)7(2)10-4/h6-7,9-12H,1-5H3. The van der Waals surface area contributed by atoms with E-state index in [1.165, 1.54) is 0 Å². The van der Waals surface area contributed by atoms with Gasteiger partial charge in [0, 0.05) is 12.1 Å². The lowest BCUT2D eigenvalue weighted by Crippen LogP contribution is -2.66. The third-order valence-corrected chi connectivity index (χ3v) is 2.59. The Labute approximate surface area is 74.7 Å². The molecule has 0 radical (unpaired) electrons. The highest BCUT2D eigenvalue weighted by Crippen LogP contribution is 2.10. The van der Waals surface area contributed by atoms with Gasteiger partial charge in [-0.15, -0.1) is 0 Å². The summed E-state index contributed by atoms with van der Waals surface area (Å²) in [6.07, 6.45) is 0. The number of hydrogen-bond donors (Lipinski definition) is 4. The Morgan fingerprint density at radius 2 is 1.33 bits per heavy atom. The first-order valence-electron chi connectivity index (χ1n) is 4.28. The largest absolute Gasteiger partial charge is 0.373 e. The normalized spacial score (nSPS) is 21.5. The first kappa shape index (κ1) is 11.8. The summed E-state index contributed by atoms with van der Waals surface area (Å²) in [5.41, 5.74) is -0.913. The summed E-state index contributed by atoms with van der Waals surface area (Å²) < 4.78 is 0. The Balaban J connectivity index is 4.42. The summed E-state index contributed by atoms with van der Waals surface area (Å²) in [4.78, 5) is 0. The zero-order chi connectivity index (χ0) is 9.78. The highest BCUT2D eigenvalue weighted by molar-refractivity contribution is 4.92. The van der Waals surface area contributed by atoms with Gasteiger partial charge < -0.3 is 15.7 Å². The SMILES string of the molecule is CNC(C)C(O)(NC)C(C)NC. The average molecular weight is 175 g/mol. The van der Waals surface area contributed by atoms with Crippen LogP contribution in [-0.2, 0) is 0 Å². The molecule has 4 N–H and O–H groups in total. The molecule has 0 aromatic carbocycles. The molecule has 0 saturated heterocycles. The van der Waals surface area contributed by atoms with Gasteiger partial charge in [-0.2, -0.15) is 0 Å². The van der Waals surface area contributed by atoms with E-state index in [9.17, 15) is 5.11 Å². The van der Waals surface area contributed by atoms with Crippen molar-refractivity contribution >= 4 is 0 Å². The lowest BCUT2D eigenvalue weighted by atomic mass is 9.98. The predicted molar refractivity (Wildman–Crippen MR) is 51.1 cm³/mol. The van der Waals surface area contributed by atoms with Gasteiger partial charge in [0.2, 0.25) is 0 Å². The summed E-state index contributed by atoms with van der Waals surface area (Å²) in [6.45, 7) is 3.87. The van der Waals surface area contributed by atoms with Crippen LogP contribution in [0.3, 0.4) is 0 Å². The highest BCUT2D eigenvalue weighted by Gasteiger charge is 2.36. The van der Waals surface area contributed by atoms with Crippen LogP contribution in [0.1, 0.15) is 13.8 Å². The maximum atomic E-state index is 10.1. The van der Waals surface area contributed by atoms with Crippen molar-refractivity contribution in [1.29, 1.82) is 0 Å². The zero-order valence-corrected chi connectivity index (χ0v) is 8.60. The van der Waals surface area contributed by atoms with Crippen molar-refractivity contribution in [3.8, 4) is 0 Å². The summed E-state index contributed by atoms with van der Waals surface area (Å²) in [5.74, 6) is 0. The van der Waals surface area contributed by atoms with Gasteiger partial charge in [-0.1, -0.05) is 0 Å². The summed E-state index contributed by atoms with van der Waals surface area (Å²) >= 11 is 0. The van der Waals surface area contributed by atoms with Gasteiger partial charge in [-0.3, -0.25) is 5.32 Å². The molecule has 0 saturated carbocycles. The second-order valence-electron chi connectivity index (χ2n) is 3.10. The van der Waals surface area contributed by atoms with Crippen molar-refractivity contribution in [3.63, 3.8) is 0 Å². The number of aliphatic hydroxyl groups is 1. The smallest absolute Gasteiger partial charge is 0.146 e. The Bertz CT molecular complexity index is 119. The molecule has 0 rings (SSSR count). The van der Waals surface area contributed by atoms with E-state index in [-0.39, 0.29) is 12.1 Å². The molecule has 2 atom stereocenters. The monoisotopic (exact) mass is 175 g/mol. The van der Waals surface area contributed by atoms with Crippen LogP contribution in [0.4, 0.5) is 0 Å². The quantitative estimate of drug-likeness (QED) is 0.410. The first-order valence-corrected chi connectivity index (χ1v) is 4.28. The molecule has 0 aliphatic rings. The fraction of sp³-hybridized carbons (Fsp3) is 1.00. The summed E-state index contributed by atoms with van der Waals surface area (Å²) in [7, 11) is 5.41. The molecule has 4 heteroatoms. The molecule has 0 aliphatic heterocycles. The average Bonchev–Trinajstić information content (AvgIpc) is 2.13. The topological polar surface area (TPSA) is 56.3 Å². The van der Waals surface area contributed by atoms with Crippen molar-refractivity contribution in [2.24, 2.45) is 0 Å². The third kappa shape index (κ3) is 2.17. The van der Waals surface area contributed by atoms with Gasteiger partial charge in [-0.05, 0) is 35.0 Å². The van der Waals surface area contributed by atoms with Crippen LogP contribution < -0.4 is 16.0 Å². The molecular formula is C8H21N3O. The molecule has 0 bridgehead atoms. The Morgan fingerprint density at radius 1 is 1.00 bits per heavy atom. The molecule has 0 heterocycles. The van der Waals surface area contributed by atoms with Crippen LogP contribution in [0.2, 0.25) is 0 Å². The molecule has 0 aromatic rings. The summed E-state index contributed by atoms with van der Waals surface area (Å²) in [5, 5.41) is 19.1. The van der Waals surface area contributed by atoms with E-state index in [0.29, 0.717) is 0 Å².